The van der Waals surface area contributed by atoms with E-state index in [1.54, 1.807) is 24.3 Å². The minimum Gasteiger partial charge on any atom is -0.398 e. The van der Waals surface area contributed by atoms with Gasteiger partial charge in [-0.3, -0.25) is 0 Å². The predicted molar refractivity (Wildman–Crippen MR) is 83.9 cm³/mol. The Labute approximate surface area is 122 Å². The number of sulfonamides is 1. The van der Waals surface area contributed by atoms with Gasteiger partial charge in [-0.2, -0.15) is 0 Å². The van der Waals surface area contributed by atoms with Gasteiger partial charge in [0.2, 0.25) is 10.0 Å². The summed E-state index contributed by atoms with van der Waals surface area (Å²) < 4.78 is 26.5. The Morgan fingerprint density at radius 3 is 2.55 bits per heavy atom. The van der Waals surface area contributed by atoms with Crippen molar-refractivity contribution >= 4 is 15.7 Å². The van der Waals surface area contributed by atoms with E-state index in [9.17, 15) is 8.42 Å². The second-order valence-electron chi connectivity index (χ2n) is 5.28. The molecule has 1 rings (SSSR count). The van der Waals surface area contributed by atoms with Gasteiger partial charge in [0.15, 0.2) is 0 Å². The average Bonchev–Trinajstić information content (AvgIpc) is 2.37. The maximum atomic E-state index is 12.0. The summed E-state index contributed by atoms with van der Waals surface area (Å²) in [6.07, 6.45) is 0.790. The maximum Gasteiger partial charge on any atom is 0.215 e. The molecule has 6 heteroatoms. The van der Waals surface area contributed by atoms with Crippen molar-refractivity contribution in [3.8, 4) is 0 Å². The summed E-state index contributed by atoms with van der Waals surface area (Å²) in [6.45, 7) is 5.55. The highest BCUT2D eigenvalue weighted by Gasteiger charge is 2.12. The van der Waals surface area contributed by atoms with Crippen LogP contribution in [0.3, 0.4) is 0 Å². The van der Waals surface area contributed by atoms with Crippen LogP contribution in [0.1, 0.15) is 25.8 Å². The van der Waals surface area contributed by atoms with Crippen LogP contribution in [0.5, 0.6) is 0 Å². The zero-order chi connectivity index (χ0) is 15.2. The second kappa shape index (κ2) is 7.61. The SMILES string of the molecule is CC(C)N(C)CCCNS(=O)(=O)Cc1ccccc1N. The van der Waals surface area contributed by atoms with Gasteiger partial charge in [0.1, 0.15) is 0 Å². The van der Waals surface area contributed by atoms with Gasteiger partial charge in [-0.05, 0) is 45.5 Å². The molecule has 0 amide bonds. The molecule has 0 radical (unpaired) electrons. The van der Waals surface area contributed by atoms with Crippen molar-refractivity contribution < 1.29 is 8.42 Å². The summed E-state index contributed by atoms with van der Waals surface area (Å²) in [6, 6.07) is 7.50. The first kappa shape index (κ1) is 16.9. The molecule has 0 spiro atoms. The Hall–Kier alpha value is -1.11. The lowest BCUT2D eigenvalue weighted by atomic mass is 10.2. The molecule has 0 unspecified atom stereocenters. The predicted octanol–water partition coefficient (Wildman–Crippen LogP) is 1.42. The van der Waals surface area contributed by atoms with Gasteiger partial charge in [0, 0.05) is 18.3 Å². The van der Waals surface area contributed by atoms with E-state index in [1.165, 1.54) is 0 Å². The fourth-order valence-electron chi connectivity index (χ4n) is 1.74. The van der Waals surface area contributed by atoms with E-state index < -0.39 is 10.0 Å². The Balaban J connectivity index is 2.41. The third kappa shape index (κ3) is 5.90. The van der Waals surface area contributed by atoms with Crippen LogP contribution in [0.15, 0.2) is 24.3 Å². The minimum atomic E-state index is -3.32. The number of nitrogen functional groups attached to an aromatic ring is 1. The Kier molecular flexibility index (Phi) is 6.45. The van der Waals surface area contributed by atoms with E-state index in [2.05, 4.69) is 23.5 Å². The smallest absolute Gasteiger partial charge is 0.215 e. The summed E-state index contributed by atoms with van der Waals surface area (Å²) in [4.78, 5) is 2.18. The van der Waals surface area contributed by atoms with Crippen molar-refractivity contribution in [1.29, 1.82) is 0 Å². The first-order valence-electron chi connectivity index (χ1n) is 6.83. The Morgan fingerprint density at radius 1 is 1.30 bits per heavy atom. The average molecular weight is 299 g/mol. The number of benzene rings is 1. The summed E-state index contributed by atoms with van der Waals surface area (Å²) in [5.74, 6) is -0.0697. The van der Waals surface area contributed by atoms with Gasteiger partial charge < -0.3 is 10.6 Å². The van der Waals surface area contributed by atoms with Gasteiger partial charge in [-0.25, -0.2) is 13.1 Å². The molecule has 0 fully saturated rings. The molecule has 0 aliphatic rings. The molecule has 3 N–H and O–H groups in total. The molecule has 114 valence electrons. The normalized spacial score (nSPS) is 12.2. The van der Waals surface area contributed by atoms with Crippen LogP contribution in [-0.4, -0.2) is 39.5 Å². The molecular weight excluding hydrogens is 274 g/mol. The molecule has 0 aliphatic heterocycles. The molecular formula is C14H25N3O2S. The number of para-hydroxylation sites is 1. The van der Waals surface area contributed by atoms with Crippen LogP contribution < -0.4 is 10.5 Å². The standard InChI is InChI=1S/C14H25N3O2S/c1-12(2)17(3)10-6-9-16-20(18,19)11-13-7-4-5-8-14(13)15/h4-5,7-8,12,16H,6,9-11,15H2,1-3H3. The van der Waals surface area contributed by atoms with Crippen molar-refractivity contribution in [2.24, 2.45) is 0 Å². The molecule has 0 heterocycles. The number of nitrogens with two attached hydrogens (primary N) is 1. The van der Waals surface area contributed by atoms with Crippen molar-refractivity contribution in [2.45, 2.75) is 32.1 Å². The Bertz CT molecular complexity index is 515. The third-order valence-corrected chi connectivity index (χ3v) is 4.63. The fourth-order valence-corrected chi connectivity index (χ4v) is 2.97. The number of anilines is 1. The third-order valence-electron chi connectivity index (χ3n) is 3.29. The molecule has 0 saturated carbocycles. The lowest BCUT2D eigenvalue weighted by Crippen LogP contribution is -2.32. The fraction of sp³-hybridized carbons (Fsp3) is 0.571. The highest BCUT2D eigenvalue weighted by atomic mass is 32.2. The van der Waals surface area contributed by atoms with Crippen molar-refractivity contribution in [1.82, 2.24) is 9.62 Å². The van der Waals surface area contributed by atoms with E-state index in [-0.39, 0.29) is 5.75 Å². The summed E-state index contributed by atoms with van der Waals surface area (Å²) in [7, 11) is -1.29. The van der Waals surface area contributed by atoms with Gasteiger partial charge >= 0.3 is 0 Å². The van der Waals surface area contributed by atoms with Gasteiger partial charge in [-0.15, -0.1) is 0 Å². The first-order chi connectivity index (χ1) is 9.32. The molecule has 0 atom stereocenters. The first-order valence-corrected chi connectivity index (χ1v) is 8.48. The lowest BCUT2D eigenvalue weighted by molar-refractivity contribution is 0.271. The summed E-state index contributed by atoms with van der Waals surface area (Å²) >= 11 is 0. The highest BCUT2D eigenvalue weighted by molar-refractivity contribution is 7.88. The second-order valence-corrected chi connectivity index (χ2v) is 7.09. The maximum absolute atomic E-state index is 12.0. The van der Waals surface area contributed by atoms with E-state index in [1.807, 2.05) is 7.05 Å². The zero-order valence-electron chi connectivity index (χ0n) is 12.5. The van der Waals surface area contributed by atoms with Crippen molar-refractivity contribution in [2.75, 3.05) is 25.9 Å². The van der Waals surface area contributed by atoms with E-state index in [4.69, 9.17) is 5.73 Å². The topological polar surface area (TPSA) is 75.4 Å². The van der Waals surface area contributed by atoms with Crippen LogP contribution in [-0.2, 0) is 15.8 Å². The van der Waals surface area contributed by atoms with Crippen LogP contribution in [0.2, 0.25) is 0 Å². The monoisotopic (exact) mass is 299 g/mol. The van der Waals surface area contributed by atoms with Gasteiger partial charge in [0.25, 0.3) is 0 Å². The molecule has 1 aromatic carbocycles. The van der Waals surface area contributed by atoms with Crippen LogP contribution in [0.25, 0.3) is 0 Å². The van der Waals surface area contributed by atoms with E-state index >= 15 is 0 Å². The van der Waals surface area contributed by atoms with Crippen LogP contribution in [0.4, 0.5) is 5.69 Å². The van der Waals surface area contributed by atoms with Crippen LogP contribution >= 0.6 is 0 Å². The quantitative estimate of drug-likeness (QED) is 0.562. The van der Waals surface area contributed by atoms with Crippen molar-refractivity contribution in [3.05, 3.63) is 29.8 Å². The minimum absolute atomic E-state index is 0.0697. The number of hydrogen-bond acceptors (Lipinski definition) is 4. The van der Waals surface area contributed by atoms with E-state index in [0.29, 0.717) is 23.8 Å². The number of hydrogen-bond donors (Lipinski definition) is 2. The lowest BCUT2D eigenvalue weighted by Gasteiger charge is -2.20. The molecule has 0 saturated heterocycles. The summed E-state index contributed by atoms with van der Waals surface area (Å²) in [5, 5.41) is 0. The number of nitrogens with one attached hydrogen (secondary N) is 1. The molecule has 1 aromatic rings. The Morgan fingerprint density at radius 2 is 1.95 bits per heavy atom. The number of rotatable bonds is 8. The highest BCUT2D eigenvalue weighted by Crippen LogP contribution is 2.13. The summed E-state index contributed by atoms with van der Waals surface area (Å²) in [5.41, 5.74) is 6.91. The molecule has 0 aliphatic carbocycles. The van der Waals surface area contributed by atoms with Gasteiger partial charge in [-0.1, -0.05) is 18.2 Å². The number of nitrogens with zero attached hydrogens (tertiary/aromatic N) is 1. The van der Waals surface area contributed by atoms with Gasteiger partial charge in [0.05, 0.1) is 5.75 Å². The zero-order valence-corrected chi connectivity index (χ0v) is 13.3. The molecule has 0 bridgehead atoms. The molecule has 20 heavy (non-hydrogen) atoms. The molecule has 5 nitrogen and oxygen atoms in total. The molecule has 0 aromatic heterocycles. The van der Waals surface area contributed by atoms with Crippen LogP contribution in [0, 0.1) is 0 Å². The van der Waals surface area contributed by atoms with E-state index in [0.717, 1.165) is 13.0 Å². The largest absolute Gasteiger partial charge is 0.398 e. The van der Waals surface area contributed by atoms with Crippen molar-refractivity contribution in [3.63, 3.8) is 0 Å².